The first-order valence-corrected chi connectivity index (χ1v) is 8.56. The van der Waals surface area contributed by atoms with Gasteiger partial charge in [-0.1, -0.05) is 51.6 Å². The van der Waals surface area contributed by atoms with Crippen molar-refractivity contribution in [2.45, 2.75) is 40.2 Å². The molecule has 2 aliphatic rings. The Balaban J connectivity index is 1.94. The Morgan fingerprint density at radius 2 is 2.04 bits per heavy atom. The average Bonchev–Trinajstić information content (AvgIpc) is 2.87. The highest BCUT2D eigenvalue weighted by molar-refractivity contribution is 6.08. The normalized spacial score (nSPS) is 29.0. The number of carbonyl (C=O) groups excluding carboxylic acids is 2. The van der Waals surface area contributed by atoms with Crippen molar-refractivity contribution >= 4 is 17.8 Å². The van der Waals surface area contributed by atoms with Gasteiger partial charge in [0.15, 0.2) is 5.78 Å². The van der Waals surface area contributed by atoms with Gasteiger partial charge in [-0.15, -0.1) is 0 Å². The van der Waals surface area contributed by atoms with E-state index in [4.69, 9.17) is 0 Å². The lowest BCUT2D eigenvalue weighted by Gasteiger charge is -2.31. The largest absolute Gasteiger partial charge is 0.348 e. The highest BCUT2D eigenvalue weighted by Crippen LogP contribution is 2.65. The molecule has 1 aromatic carbocycles. The van der Waals surface area contributed by atoms with Crippen LogP contribution in [0.1, 0.15) is 44.7 Å². The zero-order valence-electron chi connectivity index (χ0n) is 14.7. The van der Waals surface area contributed by atoms with Gasteiger partial charge in [0.1, 0.15) is 0 Å². The molecule has 0 saturated heterocycles. The number of fused-ring (bicyclic) bond motifs is 2. The van der Waals surface area contributed by atoms with Crippen LogP contribution in [0.3, 0.4) is 0 Å². The molecule has 0 radical (unpaired) electrons. The number of rotatable bonds is 4. The molecule has 2 unspecified atom stereocenters. The van der Waals surface area contributed by atoms with E-state index in [0.29, 0.717) is 18.2 Å². The van der Waals surface area contributed by atoms with Crippen molar-refractivity contribution in [1.29, 1.82) is 0 Å². The molecule has 3 heteroatoms. The van der Waals surface area contributed by atoms with E-state index >= 15 is 0 Å². The van der Waals surface area contributed by atoms with Gasteiger partial charge in [-0.05, 0) is 53.0 Å². The summed E-state index contributed by atoms with van der Waals surface area (Å²) in [7, 11) is 0. The lowest BCUT2D eigenvalue weighted by atomic mass is 9.70. The number of amides is 1. The smallest absolute Gasteiger partial charge is 0.243 e. The minimum Gasteiger partial charge on any atom is -0.348 e. The number of ketones is 1. The molecule has 0 spiro atoms. The van der Waals surface area contributed by atoms with Gasteiger partial charge in [0.05, 0.1) is 0 Å². The number of benzene rings is 1. The van der Waals surface area contributed by atoms with Crippen LogP contribution in [-0.4, -0.2) is 11.7 Å². The molecule has 2 saturated carbocycles. The van der Waals surface area contributed by atoms with Crippen LogP contribution in [0, 0.1) is 16.7 Å². The van der Waals surface area contributed by atoms with Crippen LogP contribution in [0.2, 0.25) is 0 Å². The predicted octanol–water partition coefficient (Wildman–Crippen LogP) is 3.90. The zero-order chi connectivity index (χ0) is 17.5. The third-order valence-corrected chi connectivity index (χ3v) is 6.37. The Bertz CT molecular complexity index is 744. The minimum absolute atomic E-state index is 0.0158. The van der Waals surface area contributed by atoms with Gasteiger partial charge in [-0.2, -0.15) is 0 Å². The molecule has 2 atom stereocenters. The van der Waals surface area contributed by atoms with Gasteiger partial charge in [0.2, 0.25) is 5.91 Å². The fourth-order valence-electron chi connectivity index (χ4n) is 4.35. The Morgan fingerprint density at radius 3 is 2.67 bits per heavy atom. The van der Waals surface area contributed by atoms with Crippen LogP contribution >= 0.6 is 0 Å². The molecule has 0 aromatic heterocycles. The second-order valence-corrected chi connectivity index (χ2v) is 7.69. The highest BCUT2D eigenvalue weighted by Gasteiger charge is 2.63. The van der Waals surface area contributed by atoms with Crippen LogP contribution in [0.25, 0.3) is 6.08 Å². The number of nitrogens with one attached hydrogen (secondary N) is 1. The first-order valence-electron chi connectivity index (χ1n) is 8.56. The van der Waals surface area contributed by atoms with E-state index in [1.807, 2.05) is 24.3 Å². The lowest BCUT2D eigenvalue weighted by Crippen LogP contribution is -2.32. The van der Waals surface area contributed by atoms with Crippen molar-refractivity contribution in [3.05, 3.63) is 53.6 Å². The van der Waals surface area contributed by atoms with E-state index in [-0.39, 0.29) is 16.7 Å². The van der Waals surface area contributed by atoms with E-state index in [1.165, 1.54) is 6.08 Å². The van der Waals surface area contributed by atoms with E-state index in [0.717, 1.165) is 29.5 Å². The van der Waals surface area contributed by atoms with Crippen molar-refractivity contribution in [1.82, 2.24) is 5.32 Å². The van der Waals surface area contributed by atoms with Gasteiger partial charge in [0, 0.05) is 12.0 Å². The third-order valence-electron chi connectivity index (χ3n) is 6.37. The maximum Gasteiger partial charge on any atom is 0.243 e. The summed E-state index contributed by atoms with van der Waals surface area (Å²) in [5.74, 6) is 0.432. The quantitative estimate of drug-likeness (QED) is 0.854. The van der Waals surface area contributed by atoms with Crippen molar-refractivity contribution in [2.75, 3.05) is 0 Å². The average molecular weight is 323 g/mol. The topological polar surface area (TPSA) is 46.2 Å². The number of carbonyl (C=O) groups is 2. The molecule has 3 nitrogen and oxygen atoms in total. The van der Waals surface area contributed by atoms with E-state index in [2.05, 4.69) is 38.7 Å². The van der Waals surface area contributed by atoms with Crippen molar-refractivity contribution in [2.24, 2.45) is 16.7 Å². The fraction of sp³-hybridized carbons (Fsp3) is 0.429. The Kier molecular flexibility index (Phi) is 3.98. The van der Waals surface area contributed by atoms with E-state index in [1.54, 1.807) is 0 Å². The molecule has 2 aliphatic carbocycles. The molecule has 24 heavy (non-hydrogen) atoms. The highest BCUT2D eigenvalue weighted by atomic mass is 16.1. The summed E-state index contributed by atoms with van der Waals surface area (Å²) in [4.78, 5) is 24.4. The number of hydrogen-bond donors (Lipinski definition) is 1. The number of hydrogen-bond acceptors (Lipinski definition) is 2. The predicted molar refractivity (Wildman–Crippen MR) is 96.1 cm³/mol. The molecule has 0 heterocycles. The maximum atomic E-state index is 13.0. The molecule has 126 valence electrons. The summed E-state index contributed by atoms with van der Waals surface area (Å²) < 4.78 is 0. The molecule has 3 rings (SSSR count). The molecular weight excluding hydrogens is 298 g/mol. The summed E-state index contributed by atoms with van der Waals surface area (Å²) >= 11 is 0. The summed E-state index contributed by atoms with van der Waals surface area (Å²) in [5, 5.41) is 2.81. The molecule has 2 fully saturated rings. The molecule has 1 N–H and O–H groups in total. The maximum absolute atomic E-state index is 13.0. The SMILES string of the molecule is C=CC(=O)NCc1ccccc1C=C1C(=O)C2(C)CCC1C2(C)C. The molecule has 1 amide bonds. The summed E-state index contributed by atoms with van der Waals surface area (Å²) in [6.45, 7) is 10.5. The van der Waals surface area contributed by atoms with Crippen molar-refractivity contribution < 1.29 is 9.59 Å². The van der Waals surface area contributed by atoms with E-state index < -0.39 is 0 Å². The summed E-state index contributed by atoms with van der Waals surface area (Å²) in [6.07, 6.45) is 5.38. The standard InChI is InChI=1S/C21H25NO2/c1-5-18(23)22-13-15-9-7-6-8-14(15)12-16-17-10-11-21(4,19(16)24)20(17,2)3/h5-9,12,17H,1,10-11,13H2,2-4H3,(H,22,23). The number of Topliss-reactive ketones (excluding diaryl/α,β-unsaturated/α-hetero) is 1. The zero-order valence-corrected chi connectivity index (χ0v) is 14.7. The monoisotopic (exact) mass is 323 g/mol. The first-order chi connectivity index (χ1) is 11.3. The first kappa shape index (κ1) is 16.7. The molecule has 0 aliphatic heterocycles. The molecule has 2 bridgehead atoms. The Morgan fingerprint density at radius 1 is 1.33 bits per heavy atom. The van der Waals surface area contributed by atoms with Gasteiger partial charge >= 0.3 is 0 Å². The Hall–Kier alpha value is -2.16. The van der Waals surface area contributed by atoms with Crippen LogP contribution in [0.5, 0.6) is 0 Å². The van der Waals surface area contributed by atoms with Crippen molar-refractivity contribution in [3.63, 3.8) is 0 Å². The van der Waals surface area contributed by atoms with Gasteiger partial charge < -0.3 is 5.32 Å². The van der Waals surface area contributed by atoms with Gasteiger partial charge in [-0.25, -0.2) is 0 Å². The third kappa shape index (κ3) is 2.34. The van der Waals surface area contributed by atoms with Crippen LogP contribution < -0.4 is 5.32 Å². The van der Waals surface area contributed by atoms with E-state index in [9.17, 15) is 9.59 Å². The van der Waals surface area contributed by atoms with Crippen LogP contribution in [0.4, 0.5) is 0 Å². The molecular formula is C21H25NO2. The fourth-order valence-corrected chi connectivity index (χ4v) is 4.35. The summed E-state index contributed by atoms with van der Waals surface area (Å²) in [6, 6.07) is 7.92. The second kappa shape index (κ2) is 5.73. The van der Waals surface area contributed by atoms with Crippen LogP contribution in [-0.2, 0) is 16.1 Å². The van der Waals surface area contributed by atoms with Gasteiger partial charge in [-0.3, -0.25) is 9.59 Å². The van der Waals surface area contributed by atoms with Crippen LogP contribution in [0.15, 0.2) is 42.5 Å². The Labute approximate surface area is 143 Å². The number of allylic oxidation sites excluding steroid dienone is 1. The minimum atomic E-state index is -0.241. The summed E-state index contributed by atoms with van der Waals surface area (Å²) in [5.41, 5.74) is 2.75. The second-order valence-electron chi connectivity index (χ2n) is 7.69. The lowest BCUT2D eigenvalue weighted by molar-refractivity contribution is -0.125. The molecule has 1 aromatic rings. The van der Waals surface area contributed by atoms with Crippen molar-refractivity contribution in [3.8, 4) is 0 Å². The van der Waals surface area contributed by atoms with Gasteiger partial charge in [0.25, 0.3) is 0 Å².